The topological polar surface area (TPSA) is 35.6 Å². The molecule has 2 fully saturated rings. The van der Waals surface area contributed by atoms with E-state index in [2.05, 4.69) is 45.4 Å². The number of benzene rings is 1. The van der Waals surface area contributed by atoms with Gasteiger partial charge in [0.15, 0.2) is 0 Å². The van der Waals surface area contributed by atoms with Gasteiger partial charge in [-0.05, 0) is 50.9 Å². The molecule has 1 aromatic rings. The van der Waals surface area contributed by atoms with Gasteiger partial charge in [0.25, 0.3) is 0 Å². The van der Waals surface area contributed by atoms with Crippen molar-refractivity contribution < 1.29 is 4.79 Å². The number of carbonyl (C=O) groups is 1. The predicted octanol–water partition coefficient (Wildman–Crippen LogP) is 2.95. The fourth-order valence-electron chi connectivity index (χ4n) is 3.98. The van der Waals surface area contributed by atoms with E-state index in [1.54, 1.807) is 0 Å². The van der Waals surface area contributed by atoms with Crippen molar-refractivity contribution in [3.63, 3.8) is 0 Å². The van der Waals surface area contributed by atoms with Crippen molar-refractivity contribution in [2.45, 2.75) is 38.3 Å². The molecule has 142 valence electrons. The lowest BCUT2D eigenvalue weighted by atomic mass is 10.00. The number of nitrogens with one attached hydrogen (secondary N) is 1. The number of carbonyl (C=O) groups excluding carboxylic acids is 1. The molecule has 0 saturated carbocycles. The Morgan fingerprint density at radius 2 is 1.88 bits per heavy atom. The van der Waals surface area contributed by atoms with Gasteiger partial charge in [-0.2, -0.15) is 0 Å². The lowest BCUT2D eigenvalue weighted by molar-refractivity contribution is -0.137. The molecule has 0 bridgehead atoms. The van der Waals surface area contributed by atoms with Crippen molar-refractivity contribution in [2.75, 3.05) is 33.2 Å². The smallest absolute Gasteiger partial charge is 0.239 e. The van der Waals surface area contributed by atoms with Gasteiger partial charge in [0, 0.05) is 19.6 Å². The first-order valence-corrected chi connectivity index (χ1v) is 8.99. The van der Waals surface area contributed by atoms with Crippen LogP contribution in [0.25, 0.3) is 0 Å². The number of nitrogens with zero attached hydrogens (tertiary/aromatic N) is 2. The van der Waals surface area contributed by atoms with Crippen LogP contribution in [0, 0.1) is 5.92 Å². The highest BCUT2D eigenvalue weighted by Gasteiger charge is 2.34. The van der Waals surface area contributed by atoms with E-state index < -0.39 is 0 Å². The van der Waals surface area contributed by atoms with Crippen LogP contribution in [-0.4, -0.2) is 55.0 Å². The molecule has 0 spiro atoms. The van der Waals surface area contributed by atoms with Crippen molar-refractivity contribution in [1.29, 1.82) is 0 Å². The summed E-state index contributed by atoms with van der Waals surface area (Å²) >= 11 is 0. The molecule has 0 aromatic heterocycles. The lowest BCUT2D eigenvalue weighted by Gasteiger charge is -2.36. The van der Waals surface area contributed by atoms with E-state index in [-0.39, 0.29) is 30.9 Å². The maximum absolute atomic E-state index is 13.0. The number of halogens is 2. The Kier molecular flexibility index (Phi) is 9.80. The molecule has 1 aromatic carbocycles. The second-order valence-electron chi connectivity index (χ2n) is 6.96. The summed E-state index contributed by atoms with van der Waals surface area (Å²) in [4.78, 5) is 17.5. The molecule has 2 unspecified atom stereocenters. The summed E-state index contributed by atoms with van der Waals surface area (Å²) < 4.78 is 0. The van der Waals surface area contributed by atoms with Gasteiger partial charge in [0.1, 0.15) is 0 Å². The first-order chi connectivity index (χ1) is 11.3. The number of hydrogen-bond donors (Lipinski definition) is 1. The third-order valence-corrected chi connectivity index (χ3v) is 5.22. The van der Waals surface area contributed by atoms with Crippen LogP contribution >= 0.6 is 24.8 Å². The van der Waals surface area contributed by atoms with Crippen LogP contribution < -0.4 is 5.32 Å². The molecule has 4 nitrogen and oxygen atoms in total. The highest BCUT2D eigenvalue weighted by atomic mass is 35.5. The molecule has 0 radical (unpaired) electrons. The fourth-order valence-corrected chi connectivity index (χ4v) is 3.98. The van der Waals surface area contributed by atoms with Crippen molar-refractivity contribution in [3.05, 3.63) is 35.9 Å². The summed E-state index contributed by atoms with van der Waals surface area (Å²) in [5.41, 5.74) is 1.31. The molecule has 2 aliphatic heterocycles. The van der Waals surface area contributed by atoms with Gasteiger partial charge < -0.3 is 10.2 Å². The summed E-state index contributed by atoms with van der Waals surface area (Å²) in [6.07, 6.45) is 4.53. The average Bonchev–Trinajstić information content (AvgIpc) is 3.05. The molecule has 0 aliphatic carbocycles. The Labute approximate surface area is 164 Å². The molecule has 3 rings (SSSR count). The third kappa shape index (κ3) is 5.85. The average molecular weight is 388 g/mol. The Hall–Kier alpha value is -0.810. The van der Waals surface area contributed by atoms with Crippen LogP contribution in [0.3, 0.4) is 0 Å². The van der Waals surface area contributed by atoms with Gasteiger partial charge in [0.2, 0.25) is 5.91 Å². The largest absolute Gasteiger partial charge is 0.341 e. The zero-order valence-corrected chi connectivity index (χ0v) is 16.7. The van der Waals surface area contributed by atoms with Gasteiger partial charge in [-0.3, -0.25) is 9.69 Å². The van der Waals surface area contributed by atoms with Crippen molar-refractivity contribution in [1.82, 2.24) is 15.1 Å². The highest BCUT2D eigenvalue weighted by molar-refractivity contribution is 5.85. The number of piperidine rings is 1. The zero-order chi connectivity index (χ0) is 16.1. The van der Waals surface area contributed by atoms with Crippen LogP contribution in [0.4, 0.5) is 0 Å². The Morgan fingerprint density at radius 1 is 1.12 bits per heavy atom. The van der Waals surface area contributed by atoms with Crippen LogP contribution in [-0.2, 0) is 11.3 Å². The number of likely N-dealkylation sites (tertiary alicyclic amines) is 2. The second kappa shape index (κ2) is 11.0. The normalized spacial score (nSPS) is 23.6. The Bertz CT molecular complexity index is 515. The van der Waals surface area contributed by atoms with Crippen LogP contribution in [0.1, 0.15) is 31.2 Å². The molecule has 2 atom stereocenters. The van der Waals surface area contributed by atoms with Crippen LogP contribution in [0.5, 0.6) is 0 Å². The van der Waals surface area contributed by atoms with Gasteiger partial charge in [-0.1, -0.05) is 36.8 Å². The maximum Gasteiger partial charge on any atom is 0.239 e. The van der Waals surface area contributed by atoms with E-state index >= 15 is 0 Å². The number of rotatable bonds is 5. The zero-order valence-electron chi connectivity index (χ0n) is 15.0. The summed E-state index contributed by atoms with van der Waals surface area (Å²) in [5.74, 6) is 0.981. The molecule has 2 heterocycles. The monoisotopic (exact) mass is 387 g/mol. The quantitative estimate of drug-likeness (QED) is 0.843. The minimum atomic E-state index is 0. The van der Waals surface area contributed by atoms with Crippen molar-refractivity contribution in [3.8, 4) is 0 Å². The van der Waals surface area contributed by atoms with Gasteiger partial charge in [-0.25, -0.2) is 0 Å². The third-order valence-electron chi connectivity index (χ3n) is 5.22. The molecular weight excluding hydrogens is 357 g/mol. The van der Waals surface area contributed by atoms with Crippen molar-refractivity contribution in [2.24, 2.45) is 5.92 Å². The molecule has 25 heavy (non-hydrogen) atoms. The molecular formula is C19H31Cl2N3O. The van der Waals surface area contributed by atoms with E-state index in [0.717, 1.165) is 45.6 Å². The Morgan fingerprint density at radius 3 is 2.60 bits per heavy atom. The summed E-state index contributed by atoms with van der Waals surface area (Å²) in [6, 6.07) is 10.6. The van der Waals surface area contributed by atoms with Crippen LogP contribution in [0.2, 0.25) is 0 Å². The minimum absolute atomic E-state index is 0. The predicted molar refractivity (Wildman–Crippen MR) is 108 cm³/mol. The Balaban J connectivity index is 0.00000156. The molecule has 2 saturated heterocycles. The summed E-state index contributed by atoms with van der Waals surface area (Å²) in [6.45, 7) is 4.81. The SMILES string of the molecule is CNCC1CCN(C(=O)C2CCCCN2Cc2ccccc2)C1.Cl.Cl. The molecule has 6 heteroatoms. The van der Waals surface area contributed by atoms with Crippen molar-refractivity contribution >= 4 is 30.7 Å². The van der Waals surface area contributed by atoms with Gasteiger partial charge in [-0.15, -0.1) is 24.8 Å². The molecule has 1 amide bonds. The number of amides is 1. The van der Waals surface area contributed by atoms with Gasteiger partial charge in [0.05, 0.1) is 6.04 Å². The molecule has 2 aliphatic rings. The summed E-state index contributed by atoms with van der Waals surface area (Å²) in [7, 11) is 1.99. The molecule has 1 N–H and O–H groups in total. The summed E-state index contributed by atoms with van der Waals surface area (Å²) in [5, 5.41) is 3.24. The van der Waals surface area contributed by atoms with E-state index in [4.69, 9.17) is 0 Å². The van der Waals surface area contributed by atoms with Gasteiger partial charge >= 0.3 is 0 Å². The van der Waals surface area contributed by atoms with E-state index in [1.807, 2.05) is 7.05 Å². The number of hydrogen-bond acceptors (Lipinski definition) is 3. The maximum atomic E-state index is 13.0. The standard InChI is InChI=1S/C19H29N3O.2ClH/c1-20-13-17-10-12-22(15-17)19(23)18-9-5-6-11-21(18)14-16-7-3-2-4-8-16;;/h2-4,7-8,17-18,20H,5-6,9-15H2,1H3;2*1H. The first-order valence-electron chi connectivity index (χ1n) is 8.99. The highest BCUT2D eigenvalue weighted by Crippen LogP contribution is 2.24. The lowest BCUT2D eigenvalue weighted by Crippen LogP contribution is -2.50. The second-order valence-corrected chi connectivity index (χ2v) is 6.96. The fraction of sp³-hybridized carbons (Fsp3) is 0.632. The van der Waals surface area contributed by atoms with E-state index in [0.29, 0.717) is 11.8 Å². The van der Waals surface area contributed by atoms with Crippen LogP contribution in [0.15, 0.2) is 30.3 Å². The van der Waals surface area contributed by atoms with E-state index in [1.165, 1.54) is 18.4 Å². The minimum Gasteiger partial charge on any atom is -0.341 e. The first kappa shape index (κ1) is 22.2. The van der Waals surface area contributed by atoms with E-state index in [9.17, 15) is 4.79 Å².